The second kappa shape index (κ2) is 18.9. The molecule has 5 nitrogen and oxygen atoms in total. The Labute approximate surface area is 415 Å². The number of hydrogen-bond acceptors (Lipinski definition) is 4. The summed E-state index contributed by atoms with van der Waals surface area (Å²) in [6.45, 7) is 22.4. The van der Waals surface area contributed by atoms with Crippen LogP contribution in [0.4, 0.5) is 27.1 Å². The average molecular weight is 1080 g/mol. The van der Waals surface area contributed by atoms with Gasteiger partial charge in [-0.15, -0.1) is 53.6 Å². The first-order valence-corrected chi connectivity index (χ1v) is 23.6. The molecule has 0 bridgehead atoms. The molecule has 10 rings (SSSR count). The van der Waals surface area contributed by atoms with Crippen molar-refractivity contribution < 1.29 is 30.2 Å². The number of nitrogens with zero attached hydrogens (tertiary/aromatic N) is 4. The van der Waals surface area contributed by atoms with Gasteiger partial charge in [-0.2, -0.15) is 6.07 Å². The predicted octanol–water partition coefficient (Wildman–Crippen LogP) is 17.3. The second-order valence-electron chi connectivity index (χ2n) is 19.2. The molecule has 3 heterocycles. The fraction of sp³-hybridized carbons (Fsp3) is 0.213. The van der Waals surface area contributed by atoms with E-state index in [0.29, 0.717) is 17.4 Å². The zero-order valence-electron chi connectivity index (χ0n) is 40.1. The molecule has 68 heavy (non-hydrogen) atoms. The Kier molecular flexibility index (Phi) is 12.9. The topological polar surface area (TPSA) is 33.5 Å². The van der Waals surface area contributed by atoms with Gasteiger partial charge in [0.2, 0.25) is 0 Å². The second-order valence-corrected chi connectivity index (χ2v) is 19.2. The number of para-hydroxylation sites is 1. The molecule has 0 aliphatic carbocycles. The van der Waals surface area contributed by atoms with Gasteiger partial charge in [-0.05, 0) is 135 Å². The molecule has 346 valence electrons. The number of anilines is 4. The molecule has 0 amide bonds. The van der Waals surface area contributed by atoms with Gasteiger partial charge < -0.3 is 19.1 Å². The molecule has 0 unspecified atom stereocenters. The van der Waals surface area contributed by atoms with E-state index in [9.17, 15) is 4.39 Å². The van der Waals surface area contributed by atoms with Crippen LogP contribution in [0.15, 0.2) is 146 Å². The molecule has 0 radical (unpaired) electrons. The zero-order valence-corrected chi connectivity index (χ0v) is 42.4. The number of rotatable bonds is 11. The summed E-state index contributed by atoms with van der Waals surface area (Å²) in [7, 11) is 0. The monoisotopic (exact) mass is 1070 g/mol. The number of fused-ring (bicyclic) bond motifs is 4. The standard InChI is InChI=1S/C61H56FN4O.Pt/c1-37(2)43-20-24-50(53(31-43)38(3)4)45-29-47(34-49(30-45)67-48-23-25-52-51-14-10-11-15-56(51)66(58(52)35-48)60-16-12-13-27-63-60)64-36-65(59-28-41(9)17-26-57(59)64)61-54(39(5)6)32-44(33-55(61)40(7)8)42-18-21-46(62)22-19-42;/h10-33,36-40H,1-9H3;/q-3;. The van der Waals surface area contributed by atoms with Crippen molar-refractivity contribution in [3.63, 3.8) is 0 Å². The molecule has 1 aliphatic heterocycles. The van der Waals surface area contributed by atoms with Crippen molar-refractivity contribution in [2.75, 3.05) is 9.80 Å². The van der Waals surface area contributed by atoms with Gasteiger partial charge in [0.1, 0.15) is 11.6 Å². The van der Waals surface area contributed by atoms with Crippen LogP contribution in [-0.2, 0) is 21.1 Å². The average Bonchev–Trinajstić information content (AvgIpc) is 3.86. The smallest absolute Gasteiger partial charge is 0.135 e. The first-order chi connectivity index (χ1) is 32.3. The van der Waals surface area contributed by atoms with E-state index in [-0.39, 0.29) is 44.6 Å². The van der Waals surface area contributed by atoms with Crippen LogP contribution in [-0.4, -0.2) is 9.55 Å². The van der Waals surface area contributed by atoms with Crippen molar-refractivity contribution in [1.29, 1.82) is 0 Å². The van der Waals surface area contributed by atoms with Crippen LogP contribution in [0.1, 0.15) is 107 Å². The first kappa shape index (κ1) is 46.6. The number of halogens is 1. The number of aromatic nitrogens is 2. The van der Waals surface area contributed by atoms with E-state index in [2.05, 4.69) is 186 Å². The molecule has 7 heteroatoms. The summed E-state index contributed by atoms with van der Waals surface area (Å²) in [5.41, 5.74) is 16.6. The number of ether oxygens (including phenoxy) is 1. The Morgan fingerprint density at radius 1 is 0.574 bits per heavy atom. The van der Waals surface area contributed by atoms with Crippen LogP contribution in [0.25, 0.3) is 49.9 Å². The van der Waals surface area contributed by atoms with Gasteiger partial charge >= 0.3 is 0 Å². The third-order valence-electron chi connectivity index (χ3n) is 13.1. The maximum Gasteiger partial charge on any atom is 0.135 e. The summed E-state index contributed by atoms with van der Waals surface area (Å²) in [4.78, 5) is 9.38. The summed E-state index contributed by atoms with van der Waals surface area (Å²) in [6, 6.07) is 55.3. The molecular weight excluding hydrogens is 1020 g/mol. The van der Waals surface area contributed by atoms with Gasteiger partial charge in [0, 0.05) is 61.3 Å². The number of hydrogen-bond donors (Lipinski definition) is 0. The molecule has 0 N–H and O–H groups in total. The van der Waals surface area contributed by atoms with Crippen molar-refractivity contribution in [1.82, 2.24) is 9.55 Å². The van der Waals surface area contributed by atoms with Crippen molar-refractivity contribution in [2.24, 2.45) is 0 Å². The van der Waals surface area contributed by atoms with Gasteiger partial charge in [0.05, 0.1) is 0 Å². The van der Waals surface area contributed by atoms with Crippen LogP contribution in [0.5, 0.6) is 11.5 Å². The molecule has 0 atom stereocenters. The summed E-state index contributed by atoms with van der Waals surface area (Å²) in [5.74, 6) is 2.84. The zero-order chi connectivity index (χ0) is 46.7. The Morgan fingerprint density at radius 2 is 1.29 bits per heavy atom. The molecule has 0 saturated carbocycles. The molecule has 7 aromatic carbocycles. The molecular formula is C61H56FN4OPt-3. The van der Waals surface area contributed by atoms with Crippen molar-refractivity contribution in [2.45, 2.75) is 86.0 Å². The Balaban J connectivity index is 0.00000578. The van der Waals surface area contributed by atoms with Crippen LogP contribution in [0.2, 0.25) is 0 Å². The third-order valence-corrected chi connectivity index (χ3v) is 13.1. The van der Waals surface area contributed by atoms with Crippen LogP contribution >= 0.6 is 0 Å². The minimum absolute atomic E-state index is 0. The summed E-state index contributed by atoms with van der Waals surface area (Å²) in [6.07, 6.45) is 1.82. The van der Waals surface area contributed by atoms with Gasteiger partial charge in [-0.3, -0.25) is 0 Å². The van der Waals surface area contributed by atoms with Crippen LogP contribution in [0, 0.1) is 31.5 Å². The number of aryl methyl sites for hydroxylation is 1. The first-order valence-electron chi connectivity index (χ1n) is 23.6. The Hall–Kier alpha value is -6.49. The summed E-state index contributed by atoms with van der Waals surface area (Å²) >= 11 is 0. The maximum atomic E-state index is 14.1. The molecule has 0 saturated heterocycles. The van der Waals surface area contributed by atoms with E-state index in [0.717, 1.165) is 72.6 Å². The largest absolute Gasteiger partial charge is 0.509 e. The number of pyridine rings is 1. The van der Waals surface area contributed by atoms with Crippen molar-refractivity contribution in [3.8, 4) is 39.6 Å². The molecule has 1 aliphatic rings. The van der Waals surface area contributed by atoms with Gasteiger partial charge in [0.15, 0.2) is 0 Å². The fourth-order valence-corrected chi connectivity index (χ4v) is 9.61. The predicted molar refractivity (Wildman–Crippen MR) is 276 cm³/mol. The van der Waals surface area contributed by atoms with E-state index in [1.807, 2.05) is 42.6 Å². The third kappa shape index (κ3) is 8.64. The van der Waals surface area contributed by atoms with Crippen molar-refractivity contribution >= 4 is 44.6 Å². The van der Waals surface area contributed by atoms with Crippen molar-refractivity contribution in [3.05, 3.63) is 198 Å². The minimum atomic E-state index is -0.238. The maximum absolute atomic E-state index is 14.1. The van der Waals surface area contributed by atoms with E-state index in [1.165, 1.54) is 27.8 Å². The Bertz CT molecular complexity index is 3270. The minimum Gasteiger partial charge on any atom is -0.509 e. The van der Waals surface area contributed by atoms with Gasteiger partial charge in [-0.1, -0.05) is 122 Å². The van der Waals surface area contributed by atoms with Gasteiger partial charge in [0.25, 0.3) is 0 Å². The SMILES string of the molecule is Cc1ccc2c(c1)N(c1c(C(C)C)cc(-c3ccc(F)cc3)cc1C(C)C)[CH-]N2c1[c-]c(Oc2[c-]c3c(cc2)c2ccccc2n3-c2ccccn2)cc(-c2ccc(C(C)C)cc2C(C)C)c1.[Pt]. The van der Waals surface area contributed by atoms with Crippen LogP contribution in [0.3, 0.4) is 0 Å². The fourth-order valence-electron chi connectivity index (χ4n) is 9.61. The molecule has 0 spiro atoms. The normalized spacial score (nSPS) is 12.6. The Morgan fingerprint density at radius 3 is 1.99 bits per heavy atom. The van der Waals surface area contributed by atoms with Gasteiger partial charge in [-0.25, -0.2) is 9.37 Å². The van der Waals surface area contributed by atoms with E-state index in [1.54, 1.807) is 12.1 Å². The van der Waals surface area contributed by atoms with Crippen LogP contribution < -0.4 is 14.5 Å². The summed E-state index contributed by atoms with van der Waals surface area (Å²) < 4.78 is 23.2. The summed E-state index contributed by atoms with van der Waals surface area (Å²) in [5, 5.41) is 2.20. The van der Waals surface area contributed by atoms with E-state index in [4.69, 9.17) is 9.72 Å². The quantitative estimate of drug-likeness (QED) is 0.121. The molecule has 2 aromatic heterocycles. The van der Waals surface area contributed by atoms with E-state index < -0.39 is 0 Å². The molecule has 9 aromatic rings. The van der Waals surface area contributed by atoms with E-state index >= 15 is 0 Å². The molecule has 0 fully saturated rings. The number of benzene rings is 7.